The van der Waals surface area contributed by atoms with Crippen LogP contribution in [0.15, 0.2) is 66.8 Å². The minimum Gasteiger partial charge on any atom is -0.339 e. The average Bonchev–Trinajstić information content (AvgIpc) is 2.68. The Morgan fingerprint density at radius 2 is 1.65 bits per heavy atom. The minimum absolute atomic E-state index is 0.0112. The van der Waals surface area contributed by atoms with Crippen LogP contribution in [-0.2, 0) is 4.79 Å². The summed E-state index contributed by atoms with van der Waals surface area (Å²) in [5, 5.41) is 0. The summed E-state index contributed by atoms with van der Waals surface area (Å²) >= 11 is 0. The highest BCUT2D eigenvalue weighted by Gasteiger charge is 2.17. The lowest BCUT2D eigenvalue weighted by Crippen LogP contribution is -2.36. The molecule has 0 saturated heterocycles. The van der Waals surface area contributed by atoms with E-state index in [2.05, 4.69) is 6.58 Å². The number of allylic oxidation sites excluding steroid dienone is 3. The zero-order chi connectivity index (χ0) is 19.4. The van der Waals surface area contributed by atoms with Gasteiger partial charge in [-0.25, -0.2) is 0 Å². The number of amides is 2. The van der Waals surface area contributed by atoms with Crippen LogP contribution in [0.1, 0.15) is 37.6 Å². The first-order chi connectivity index (χ1) is 12.6. The van der Waals surface area contributed by atoms with Gasteiger partial charge in [-0.2, -0.15) is 0 Å². The normalized spacial score (nSPS) is 11.4. The molecule has 1 aromatic carbocycles. The Morgan fingerprint density at radius 1 is 1.04 bits per heavy atom. The van der Waals surface area contributed by atoms with Gasteiger partial charge in [-0.05, 0) is 39.3 Å². The number of carbonyl (C=O) groups is 2. The van der Waals surface area contributed by atoms with Crippen molar-refractivity contribution in [2.45, 2.75) is 27.2 Å². The van der Waals surface area contributed by atoms with Crippen molar-refractivity contribution in [1.29, 1.82) is 0 Å². The molecule has 1 aromatic rings. The molecule has 0 aliphatic rings. The van der Waals surface area contributed by atoms with Crippen LogP contribution in [-0.4, -0.2) is 47.8 Å². The molecule has 4 nitrogen and oxygen atoms in total. The molecule has 1 rings (SSSR count). The molecule has 2 amide bonds. The molecule has 4 heteroatoms. The molecule has 0 atom stereocenters. The van der Waals surface area contributed by atoms with Crippen LogP contribution in [0.2, 0.25) is 0 Å². The lowest BCUT2D eigenvalue weighted by Gasteiger charge is -2.25. The van der Waals surface area contributed by atoms with Crippen molar-refractivity contribution in [3.63, 3.8) is 0 Å². The van der Waals surface area contributed by atoms with Crippen molar-refractivity contribution in [1.82, 2.24) is 9.80 Å². The second-order valence-corrected chi connectivity index (χ2v) is 5.85. The molecule has 0 aliphatic carbocycles. The molecule has 0 fully saturated rings. The molecule has 0 aliphatic heterocycles. The van der Waals surface area contributed by atoms with Gasteiger partial charge in [-0.15, -0.1) is 0 Å². The first-order valence-corrected chi connectivity index (χ1v) is 9.17. The maximum atomic E-state index is 12.6. The molecule has 0 aromatic heterocycles. The van der Waals surface area contributed by atoms with E-state index in [1.165, 1.54) is 0 Å². The van der Waals surface area contributed by atoms with E-state index < -0.39 is 0 Å². The van der Waals surface area contributed by atoms with Gasteiger partial charge >= 0.3 is 0 Å². The van der Waals surface area contributed by atoms with Crippen LogP contribution in [0.3, 0.4) is 0 Å². The van der Waals surface area contributed by atoms with Crippen LogP contribution in [0.25, 0.3) is 0 Å². The van der Waals surface area contributed by atoms with Gasteiger partial charge in [0.05, 0.1) is 0 Å². The predicted molar refractivity (Wildman–Crippen MR) is 108 cm³/mol. The van der Waals surface area contributed by atoms with Crippen molar-refractivity contribution in [3.8, 4) is 0 Å². The van der Waals surface area contributed by atoms with Gasteiger partial charge in [0, 0.05) is 37.3 Å². The lowest BCUT2D eigenvalue weighted by molar-refractivity contribution is -0.126. The summed E-state index contributed by atoms with van der Waals surface area (Å²) in [7, 11) is 0. The second kappa shape index (κ2) is 11.9. The molecule has 0 saturated carbocycles. The SMILES string of the molecule is C=C/C=C(\C=C/C)C(=O)N(CC)CCCN(CC)C(=O)c1ccccc1. The maximum Gasteiger partial charge on any atom is 0.253 e. The molecule has 0 radical (unpaired) electrons. The Bertz CT molecular complexity index is 647. The topological polar surface area (TPSA) is 40.6 Å². The quantitative estimate of drug-likeness (QED) is 0.469. The molecule has 0 heterocycles. The number of hydrogen-bond acceptors (Lipinski definition) is 2. The summed E-state index contributed by atoms with van der Waals surface area (Å²) < 4.78 is 0. The van der Waals surface area contributed by atoms with Gasteiger partial charge in [0.15, 0.2) is 0 Å². The smallest absolute Gasteiger partial charge is 0.253 e. The van der Waals surface area contributed by atoms with Crippen LogP contribution in [0.5, 0.6) is 0 Å². The van der Waals surface area contributed by atoms with Gasteiger partial charge in [0.1, 0.15) is 0 Å². The maximum absolute atomic E-state index is 12.6. The van der Waals surface area contributed by atoms with Gasteiger partial charge < -0.3 is 9.80 Å². The van der Waals surface area contributed by atoms with Crippen LogP contribution in [0, 0.1) is 0 Å². The summed E-state index contributed by atoms with van der Waals surface area (Å²) in [6, 6.07) is 9.30. The Labute approximate surface area is 157 Å². The zero-order valence-corrected chi connectivity index (χ0v) is 16.1. The number of likely N-dealkylation sites (N-methyl/N-ethyl adjacent to an activating group) is 1. The van der Waals surface area contributed by atoms with E-state index in [-0.39, 0.29) is 11.8 Å². The van der Waals surface area contributed by atoms with E-state index in [1.807, 2.05) is 62.1 Å². The highest BCUT2D eigenvalue weighted by molar-refractivity contribution is 5.96. The van der Waals surface area contributed by atoms with E-state index in [4.69, 9.17) is 0 Å². The third kappa shape index (κ3) is 6.36. The molecule has 0 unspecified atom stereocenters. The average molecular weight is 354 g/mol. The molecular weight excluding hydrogens is 324 g/mol. The molecule has 0 spiro atoms. The third-order valence-electron chi connectivity index (χ3n) is 4.11. The van der Waals surface area contributed by atoms with Gasteiger partial charge in [-0.1, -0.05) is 49.1 Å². The Balaban J connectivity index is 2.67. The minimum atomic E-state index is -0.0112. The predicted octanol–water partition coefficient (Wildman–Crippen LogP) is 4.08. The van der Waals surface area contributed by atoms with E-state index in [0.29, 0.717) is 37.3 Å². The fraction of sp³-hybridized carbons (Fsp3) is 0.364. The van der Waals surface area contributed by atoms with Gasteiger partial charge in [0.2, 0.25) is 0 Å². The van der Waals surface area contributed by atoms with Crippen LogP contribution in [0.4, 0.5) is 0 Å². The number of hydrogen-bond donors (Lipinski definition) is 0. The van der Waals surface area contributed by atoms with E-state index in [9.17, 15) is 9.59 Å². The number of benzene rings is 1. The monoisotopic (exact) mass is 354 g/mol. The zero-order valence-electron chi connectivity index (χ0n) is 16.1. The molecule has 26 heavy (non-hydrogen) atoms. The fourth-order valence-electron chi connectivity index (χ4n) is 2.71. The van der Waals surface area contributed by atoms with Gasteiger partial charge in [-0.3, -0.25) is 9.59 Å². The van der Waals surface area contributed by atoms with Crippen molar-refractivity contribution in [2.75, 3.05) is 26.2 Å². The van der Waals surface area contributed by atoms with Crippen molar-refractivity contribution in [3.05, 3.63) is 72.4 Å². The summed E-state index contributed by atoms with van der Waals surface area (Å²) in [5.41, 5.74) is 1.32. The standard InChI is InChI=1S/C22H30N2O2/c1-5-13-19(14-6-2)21(25)23(7-3)17-12-18-24(8-4)22(26)20-15-10-9-11-16-20/h5-6,9-11,13-16H,1,7-8,12,17-18H2,2-4H3/b14-6-,19-13+. The first-order valence-electron chi connectivity index (χ1n) is 9.17. The number of rotatable bonds is 10. The Kier molecular flexibility index (Phi) is 9.77. The number of carbonyl (C=O) groups excluding carboxylic acids is 2. The largest absolute Gasteiger partial charge is 0.339 e. The summed E-state index contributed by atoms with van der Waals surface area (Å²) in [5.74, 6) is 0.0200. The molecular formula is C22H30N2O2. The highest BCUT2D eigenvalue weighted by Crippen LogP contribution is 2.08. The first kappa shape index (κ1) is 21.4. The fourth-order valence-corrected chi connectivity index (χ4v) is 2.71. The van der Waals surface area contributed by atoms with E-state index >= 15 is 0 Å². The number of nitrogens with zero attached hydrogens (tertiary/aromatic N) is 2. The van der Waals surface area contributed by atoms with Crippen molar-refractivity contribution < 1.29 is 9.59 Å². The van der Waals surface area contributed by atoms with Crippen LogP contribution >= 0.6 is 0 Å². The van der Waals surface area contributed by atoms with Gasteiger partial charge in [0.25, 0.3) is 11.8 Å². The summed E-state index contributed by atoms with van der Waals surface area (Å²) in [4.78, 5) is 28.8. The Morgan fingerprint density at radius 3 is 2.19 bits per heavy atom. The highest BCUT2D eigenvalue weighted by atomic mass is 16.2. The van der Waals surface area contributed by atoms with E-state index in [1.54, 1.807) is 23.1 Å². The second-order valence-electron chi connectivity index (χ2n) is 5.85. The third-order valence-corrected chi connectivity index (χ3v) is 4.11. The Hall–Kier alpha value is -2.62. The van der Waals surface area contributed by atoms with Crippen molar-refractivity contribution >= 4 is 11.8 Å². The molecule has 140 valence electrons. The lowest BCUT2D eigenvalue weighted by atomic mass is 10.1. The van der Waals surface area contributed by atoms with Crippen molar-refractivity contribution in [2.24, 2.45) is 0 Å². The molecule has 0 bridgehead atoms. The van der Waals surface area contributed by atoms with E-state index in [0.717, 1.165) is 6.42 Å². The molecule has 0 N–H and O–H groups in total. The summed E-state index contributed by atoms with van der Waals surface area (Å²) in [6.07, 6.45) is 7.73. The van der Waals surface area contributed by atoms with Crippen LogP contribution < -0.4 is 0 Å². The summed E-state index contributed by atoms with van der Waals surface area (Å²) in [6.45, 7) is 12.0.